The van der Waals surface area contributed by atoms with Crippen LogP contribution in [-0.2, 0) is 23.1 Å². The molecular weight excluding hydrogens is 516 g/mol. The normalized spacial score (nSPS) is 14.4. The zero-order valence-corrected chi connectivity index (χ0v) is 22.4. The molecule has 1 saturated heterocycles. The highest BCUT2D eigenvalue weighted by Gasteiger charge is 2.24. The Morgan fingerprint density at radius 1 is 1.03 bits per heavy atom. The van der Waals surface area contributed by atoms with Gasteiger partial charge >= 0.3 is 0 Å². The predicted molar refractivity (Wildman–Crippen MR) is 149 cm³/mol. The van der Waals surface area contributed by atoms with Gasteiger partial charge in [0.05, 0.1) is 18.3 Å². The van der Waals surface area contributed by atoms with E-state index in [0.29, 0.717) is 55.1 Å². The number of hydrogen-bond acceptors (Lipinski definition) is 8. The molecule has 0 saturated carbocycles. The molecule has 10 nitrogen and oxygen atoms in total. The van der Waals surface area contributed by atoms with Crippen LogP contribution in [-0.4, -0.2) is 67.4 Å². The average Bonchev–Trinajstić information content (AvgIpc) is 2.97. The van der Waals surface area contributed by atoms with Crippen molar-refractivity contribution in [2.24, 2.45) is 5.73 Å². The Labute approximate surface area is 227 Å². The van der Waals surface area contributed by atoms with Gasteiger partial charge in [-0.25, -0.2) is 8.42 Å². The summed E-state index contributed by atoms with van der Waals surface area (Å²) in [6.45, 7) is 3.32. The Hall–Kier alpha value is -4.06. The minimum atomic E-state index is -3.95. The van der Waals surface area contributed by atoms with Gasteiger partial charge in [-0.2, -0.15) is 0 Å². The van der Waals surface area contributed by atoms with Crippen LogP contribution in [0.15, 0.2) is 78.1 Å². The number of para-hydroxylation sites is 1. The summed E-state index contributed by atoms with van der Waals surface area (Å²) < 4.78 is 34.6. The molecule has 0 atom stereocenters. The van der Waals surface area contributed by atoms with E-state index in [4.69, 9.17) is 10.5 Å². The van der Waals surface area contributed by atoms with Crippen LogP contribution in [0, 0.1) is 0 Å². The van der Waals surface area contributed by atoms with Crippen molar-refractivity contribution in [1.29, 1.82) is 0 Å². The van der Waals surface area contributed by atoms with Gasteiger partial charge in [-0.15, -0.1) is 0 Å². The molecule has 11 heteroatoms. The summed E-state index contributed by atoms with van der Waals surface area (Å²) in [5.74, 6) is 0.682. The van der Waals surface area contributed by atoms with Crippen LogP contribution >= 0.6 is 0 Å². The fourth-order valence-electron chi connectivity index (χ4n) is 4.75. The van der Waals surface area contributed by atoms with E-state index in [2.05, 4.69) is 19.6 Å². The minimum absolute atomic E-state index is 0.0630. The monoisotopic (exact) mass is 546 g/mol. The Morgan fingerprint density at radius 3 is 2.59 bits per heavy atom. The van der Waals surface area contributed by atoms with Crippen molar-refractivity contribution >= 4 is 32.5 Å². The number of aromatic nitrogens is 2. The van der Waals surface area contributed by atoms with Gasteiger partial charge in [-0.05, 0) is 42.0 Å². The highest BCUT2D eigenvalue weighted by molar-refractivity contribution is 7.93. The molecule has 0 spiro atoms. The first-order valence-corrected chi connectivity index (χ1v) is 14.1. The lowest BCUT2D eigenvalue weighted by Crippen LogP contribution is -2.48. The number of ether oxygens (including phenoxy) is 1. The van der Waals surface area contributed by atoms with Gasteiger partial charge in [0.1, 0.15) is 10.6 Å². The number of sulfonamides is 1. The molecule has 1 amide bonds. The van der Waals surface area contributed by atoms with Crippen LogP contribution in [0.3, 0.4) is 0 Å². The number of hydrogen-bond donors (Lipinski definition) is 2. The van der Waals surface area contributed by atoms with Crippen molar-refractivity contribution in [1.82, 2.24) is 19.8 Å². The highest BCUT2D eigenvalue weighted by Crippen LogP contribution is 2.26. The minimum Gasteiger partial charge on any atom is -0.496 e. The summed E-state index contributed by atoms with van der Waals surface area (Å²) in [6, 6.07) is 15.3. The molecule has 2 aromatic carbocycles. The van der Waals surface area contributed by atoms with Crippen LogP contribution in [0.1, 0.15) is 21.5 Å². The zero-order chi connectivity index (χ0) is 27.4. The number of amides is 1. The fraction of sp³-hybridized carbons (Fsp3) is 0.250. The number of nitrogens with two attached hydrogens (primary N) is 1. The first-order chi connectivity index (χ1) is 18.9. The average molecular weight is 547 g/mol. The maximum atomic E-state index is 13.3. The van der Waals surface area contributed by atoms with Crippen LogP contribution in [0.25, 0.3) is 10.9 Å². The van der Waals surface area contributed by atoms with Gasteiger partial charge in [0, 0.05) is 74.4 Å². The summed E-state index contributed by atoms with van der Waals surface area (Å²) in [4.78, 5) is 25.9. The van der Waals surface area contributed by atoms with Gasteiger partial charge in [-0.1, -0.05) is 18.2 Å². The summed E-state index contributed by atoms with van der Waals surface area (Å²) in [5.41, 5.74) is 8.68. The summed E-state index contributed by atoms with van der Waals surface area (Å²) in [5, 5.41) is 0.722. The Balaban J connectivity index is 1.28. The van der Waals surface area contributed by atoms with Gasteiger partial charge in [0.2, 0.25) is 0 Å². The van der Waals surface area contributed by atoms with Gasteiger partial charge in [0.15, 0.2) is 0 Å². The lowest BCUT2D eigenvalue weighted by atomic mass is 10.1. The van der Waals surface area contributed by atoms with E-state index < -0.39 is 10.0 Å². The number of carbonyl (C=O) groups excluding carboxylic acids is 1. The van der Waals surface area contributed by atoms with E-state index in [9.17, 15) is 13.2 Å². The van der Waals surface area contributed by atoms with Crippen molar-refractivity contribution in [3.63, 3.8) is 0 Å². The largest absolute Gasteiger partial charge is 0.496 e. The highest BCUT2D eigenvalue weighted by atomic mass is 32.2. The third-order valence-corrected chi connectivity index (χ3v) is 8.23. The van der Waals surface area contributed by atoms with Gasteiger partial charge in [0.25, 0.3) is 15.9 Å². The number of carbonyl (C=O) groups is 1. The molecule has 5 rings (SSSR count). The van der Waals surface area contributed by atoms with E-state index in [1.807, 2.05) is 18.2 Å². The standard InChI is InChI=1S/C28H30N6O4S/c1-38-25-9-11-30-18-23(25)19-33-12-14-34(15-13-33)28(35)21-7-8-24(22(16-21)17-29)32-39(36,37)26-6-2-4-20-5-3-10-31-27(20)26/h2-11,16,18,32H,12-15,17,19,29H2,1H3. The number of pyridine rings is 2. The third-order valence-electron chi connectivity index (χ3n) is 6.83. The van der Waals surface area contributed by atoms with E-state index in [-0.39, 0.29) is 17.3 Å². The van der Waals surface area contributed by atoms with Crippen molar-refractivity contribution in [2.75, 3.05) is 38.0 Å². The van der Waals surface area contributed by atoms with Crippen molar-refractivity contribution < 1.29 is 17.9 Å². The fourth-order valence-corrected chi connectivity index (χ4v) is 6.03. The van der Waals surface area contributed by atoms with E-state index in [1.54, 1.807) is 60.9 Å². The predicted octanol–water partition coefficient (Wildman–Crippen LogP) is 2.86. The maximum absolute atomic E-state index is 13.3. The van der Waals surface area contributed by atoms with Crippen LogP contribution in [0.5, 0.6) is 5.75 Å². The quantitative estimate of drug-likeness (QED) is 0.345. The summed E-state index contributed by atoms with van der Waals surface area (Å²) in [6.07, 6.45) is 5.06. The molecule has 39 heavy (non-hydrogen) atoms. The molecule has 0 bridgehead atoms. The molecule has 3 heterocycles. The summed E-state index contributed by atoms with van der Waals surface area (Å²) in [7, 11) is -2.30. The molecule has 202 valence electrons. The zero-order valence-electron chi connectivity index (χ0n) is 21.6. The van der Waals surface area contributed by atoms with E-state index in [1.165, 1.54) is 6.07 Å². The first kappa shape index (κ1) is 26.5. The Bertz CT molecular complexity index is 1600. The van der Waals surface area contributed by atoms with Crippen molar-refractivity contribution in [3.05, 3.63) is 89.9 Å². The second-order valence-electron chi connectivity index (χ2n) is 9.27. The number of fused-ring (bicyclic) bond motifs is 1. The number of anilines is 1. The first-order valence-electron chi connectivity index (χ1n) is 12.6. The molecule has 0 aliphatic carbocycles. The molecular formula is C28H30N6O4S. The van der Waals surface area contributed by atoms with Crippen LogP contribution in [0.2, 0.25) is 0 Å². The molecule has 0 radical (unpaired) electrons. The maximum Gasteiger partial charge on any atom is 0.264 e. The topological polar surface area (TPSA) is 131 Å². The van der Waals surface area contributed by atoms with Gasteiger partial charge < -0.3 is 15.4 Å². The third kappa shape index (κ3) is 5.70. The van der Waals surface area contributed by atoms with Crippen molar-refractivity contribution in [2.45, 2.75) is 18.0 Å². The smallest absolute Gasteiger partial charge is 0.264 e. The molecule has 4 aromatic rings. The molecule has 0 unspecified atom stereocenters. The Kier molecular flexibility index (Phi) is 7.73. The lowest BCUT2D eigenvalue weighted by Gasteiger charge is -2.35. The number of piperazine rings is 1. The second kappa shape index (κ2) is 11.4. The molecule has 1 aliphatic heterocycles. The van der Waals surface area contributed by atoms with E-state index >= 15 is 0 Å². The number of benzene rings is 2. The number of nitrogens with zero attached hydrogens (tertiary/aromatic N) is 4. The lowest BCUT2D eigenvalue weighted by molar-refractivity contribution is 0.0627. The Morgan fingerprint density at radius 2 is 1.82 bits per heavy atom. The second-order valence-corrected chi connectivity index (χ2v) is 10.9. The van der Waals surface area contributed by atoms with Crippen LogP contribution in [0.4, 0.5) is 5.69 Å². The molecule has 3 N–H and O–H groups in total. The number of methoxy groups -OCH3 is 1. The van der Waals surface area contributed by atoms with Gasteiger partial charge in [-0.3, -0.25) is 24.4 Å². The van der Waals surface area contributed by atoms with E-state index in [0.717, 1.165) is 16.7 Å². The SMILES string of the molecule is COc1ccncc1CN1CCN(C(=O)c2ccc(NS(=O)(=O)c3cccc4cccnc34)c(CN)c2)CC1. The summed E-state index contributed by atoms with van der Waals surface area (Å²) >= 11 is 0. The van der Waals surface area contributed by atoms with Crippen molar-refractivity contribution in [3.8, 4) is 5.75 Å². The number of nitrogens with one attached hydrogen (secondary N) is 1. The molecule has 2 aromatic heterocycles. The number of rotatable bonds is 8. The molecule has 1 fully saturated rings. The molecule has 1 aliphatic rings. The van der Waals surface area contributed by atoms with Crippen LogP contribution < -0.4 is 15.2 Å².